The average molecular weight is 308 g/mol. The van der Waals surface area contributed by atoms with Crippen molar-refractivity contribution in [2.24, 2.45) is 4.99 Å². The highest BCUT2D eigenvalue weighted by Crippen LogP contribution is 2.02. The fourth-order valence-corrected chi connectivity index (χ4v) is 2.05. The second-order valence-corrected chi connectivity index (χ2v) is 5.21. The van der Waals surface area contributed by atoms with Crippen LogP contribution in [0.25, 0.3) is 0 Å². The number of carbonyl (C=O) groups is 1. The van der Waals surface area contributed by atoms with Crippen molar-refractivity contribution in [2.45, 2.75) is 40.2 Å². The summed E-state index contributed by atoms with van der Waals surface area (Å²) in [6.45, 7) is 8.65. The SMILES string of the molecule is CCCNC(=O)CNC(=NC)NCCCn1nc(C)cc1C. The first kappa shape index (κ1) is 18.0. The van der Waals surface area contributed by atoms with E-state index in [-0.39, 0.29) is 12.5 Å². The topological polar surface area (TPSA) is 83.3 Å². The highest BCUT2D eigenvalue weighted by atomic mass is 16.1. The summed E-state index contributed by atoms with van der Waals surface area (Å²) >= 11 is 0. The van der Waals surface area contributed by atoms with Gasteiger partial charge in [0.2, 0.25) is 5.91 Å². The molecular formula is C15H28N6O. The number of nitrogens with zero attached hydrogens (tertiary/aromatic N) is 3. The first-order chi connectivity index (χ1) is 10.6. The molecule has 22 heavy (non-hydrogen) atoms. The Kier molecular flexibility index (Phi) is 8.03. The summed E-state index contributed by atoms with van der Waals surface area (Å²) in [7, 11) is 1.69. The molecule has 1 rings (SSSR count). The van der Waals surface area contributed by atoms with E-state index in [1.165, 1.54) is 5.69 Å². The van der Waals surface area contributed by atoms with E-state index in [4.69, 9.17) is 0 Å². The molecule has 1 aromatic rings. The lowest BCUT2D eigenvalue weighted by Gasteiger charge is -2.12. The highest BCUT2D eigenvalue weighted by Gasteiger charge is 2.03. The Balaban J connectivity index is 2.21. The molecule has 124 valence electrons. The van der Waals surface area contributed by atoms with Crippen LogP contribution in [0.15, 0.2) is 11.1 Å². The zero-order chi connectivity index (χ0) is 16.4. The summed E-state index contributed by atoms with van der Waals surface area (Å²) in [5.74, 6) is 0.618. The molecule has 3 N–H and O–H groups in total. The van der Waals surface area contributed by atoms with E-state index in [1.54, 1.807) is 7.05 Å². The van der Waals surface area contributed by atoms with Crippen molar-refractivity contribution in [2.75, 3.05) is 26.7 Å². The summed E-state index contributed by atoms with van der Waals surface area (Å²) in [5, 5.41) is 13.4. The molecule has 0 radical (unpaired) electrons. The third-order valence-corrected chi connectivity index (χ3v) is 3.15. The molecule has 0 saturated heterocycles. The Hall–Kier alpha value is -2.05. The van der Waals surface area contributed by atoms with Gasteiger partial charge in [0.25, 0.3) is 0 Å². The second kappa shape index (κ2) is 9.81. The van der Waals surface area contributed by atoms with Gasteiger partial charge in [0.15, 0.2) is 5.96 Å². The van der Waals surface area contributed by atoms with Gasteiger partial charge in [-0.1, -0.05) is 6.92 Å². The van der Waals surface area contributed by atoms with Crippen LogP contribution >= 0.6 is 0 Å². The number of carbonyl (C=O) groups excluding carboxylic acids is 1. The predicted molar refractivity (Wildman–Crippen MR) is 89.0 cm³/mol. The van der Waals surface area contributed by atoms with E-state index in [0.29, 0.717) is 12.5 Å². The molecule has 0 aliphatic carbocycles. The van der Waals surface area contributed by atoms with Gasteiger partial charge in [-0.3, -0.25) is 14.5 Å². The van der Waals surface area contributed by atoms with Gasteiger partial charge in [0, 0.05) is 32.4 Å². The Bertz CT molecular complexity index is 494. The van der Waals surface area contributed by atoms with E-state index in [1.807, 2.05) is 18.5 Å². The highest BCUT2D eigenvalue weighted by molar-refractivity contribution is 5.86. The lowest BCUT2D eigenvalue weighted by Crippen LogP contribution is -2.43. The van der Waals surface area contributed by atoms with Crippen LogP contribution in [-0.4, -0.2) is 48.3 Å². The van der Waals surface area contributed by atoms with Crippen LogP contribution in [0.1, 0.15) is 31.2 Å². The summed E-state index contributed by atoms with van der Waals surface area (Å²) in [6.07, 6.45) is 1.87. The first-order valence-corrected chi connectivity index (χ1v) is 7.79. The minimum Gasteiger partial charge on any atom is -0.356 e. The summed E-state index contributed by atoms with van der Waals surface area (Å²) in [6, 6.07) is 2.07. The maximum atomic E-state index is 11.5. The number of aromatic nitrogens is 2. The van der Waals surface area contributed by atoms with Crippen LogP contribution in [0.2, 0.25) is 0 Å². The van der Waals surface area contributed by atoms with Gasteiger partial charge in [0.05, 0.1) is 12.2 Å². The molecule has 0 atom stereocenters. The molecule has 1 heterocycles. The lowest BCUT2D eigenvalue weighted by atomic mass is 10.4. The Morgan fingerprint density at radius 2 is 2.05 bits per heavy atom. The van der Waals surface area contributed by atoms with Crippen LogP contribution in [0.4, 0.5) is 0 Å². The van der Waals surface area contributed by atoms with Gasteiger partial charge in [-0.15, -0.1) is 0 Å². The van der Waals surface area contributed by atoms with Crippen molar-refractivity contribution in [3.8, 4) is 0 Å². The fraction of sp³-hybridized carbons (Fsp3) is 0.667. The van der Waals surface area contributed by atoms with Gasteiger partial charge >= 0.3 is 0 Å². The fourth-order valence-electron chi connectivity index (χ4n) is 2.05. The maximum Gasteiger partial charge on any atom is 0.239 e. The van der Waals surface area contributed by atoms with E-state index in [9.17, 15) is 4.79 Å². The molecule has 7 nitrogen and oxygen atoms in total. The number of aliphatic imine (C=N–C) groups is 1. The molecule has 0 unspecified atom stereocenters. The number of aryl methyl sites for hydroxylation is 3. The molecule has 0 aliphatic rings. The summed E-state index contributed by atoms with van der Waals surface area (Å²) in [5.41, 5.74) is 2.22. The van der Waals surface area contributed by atoms with Gasteiger partial charge in [-0.05, 0) is 32.8 Å². The lowest BCUT2D eigenvalue weighted by molar-refractivity contribution is -0.120. The third kappa shape index (κ3) is 6.60. The van der Waals surface area contributed by atoms with Crippen LogP contribution in [-0.2, 0) is 11.3 Å². The Morgan fingerprint density at radius 1 is 1.27 bits per heavy atom. The van der Waals surface area contributed by atoms with Crippen LogP contribution < -0.4 is 16.0 Å². The van der Waals surface area contributed by atoms with Gasteiger partial charge in [-0.2, -0.15) is 5.10 Å². The second-order valence-electron chi connectivity index (χ2n) is 5.21. The zero-order valence-electron chi connectivity index (χ0n) is 14.1. The van der Waals surface area contributed by atoms with E-state index in [2.05, 4.69) is 39.0 Å². The van der Waals surface area contributed by atoms with Gasteiger partial charge in [0.1, 0.15) is 0 Å². The van der Waals surface area contributed by atoms with E-state index < -0.39 is 0 Å². The Morgan fingerprint density at radius 3 is 2.64 bits per heavy atom. The Labute approximate surface area is 132 Å². The minimum absolute atomic E-state index is 0.0209. The maximum absolute atomic E-state index is 11.5. The molecule has 0 bridgehead atoms. The predicted octanol–water partition coefficient (Wildman–Crippen LogP) is 0.581. The van der Waals surface area contributed by atoms with Crippen molar-refractivity contribution in [1.82, 2.24) is 25.7 Å². The van der Waals surface area contributed by atoms with Crippen molar-refractivity contribution in [3.05, 3.63) is 17.5 Å². The molecule has 0 saturated carbocycles. The minimum atomic E-state index is -0.0209. The van der Waals surface area contributed by atoms with Crippen molar-refractivity contribution < 1.29 is 4.79 Å². The smallest absolute Gasteiger partial charge is 0.239 e. The van der Waals surface area contributed by atoms with Crippen molar-refractivity contribution >= 4 is 11.9 Å². The third-order valence-electron chi connectivity index (χ3n) is 3.15. The number of rotatable bonds is 8. The average Bonchev–Trinajstić information content (AvgIpc) is 2.82. The molecule has 0 aromatic carbocycles. The monoisotopic (exact) mass is 308 g/mol. The molecule has 1 amide bonds. The summed E-state index contributed by atoms with van der Waals surface area (Å²) < 4.78 is 2.01. The molecule has 0 aliphatic heterocycles. The number of hydrogen-bond donors (Lipinski definition) is 3. The van der Waals surface area contributed by atoms with Crippen LogP contribution in [0.3, 0.4) is 0 Å². The largest absolute Gasteiger partial charge is 0.356 e. The number of amides is 1. The molecule has 1 aromatic heterocycles. The van der Waals surface area contributed by atoms with Crippen LogP contribution in [0, 0.1) is 13.8 Å². The molecule has 0 spiro atoms. The quantitative estimate of drug-likeness (QED) is 0.373. The van der Waals surface area contributed by atoms with E-state index in [0.717, 1.165) is 31.6 Å². The standard InChI is InChI=1S/C15H28N6O/c1-5-7-17-14(22)11-19-15(16-4)18-8-6-9-21-13(3)10-12(2)20-21/h10H,5-9,11H2,1-4H3,(H,17,22)(H2,16,18,19). The van der Waals surface area contributed by atoms with Crippen molar-refractivity contribution in [1.29, 1.82) is 0 Å². The van der Waals surface area contributed by atoms with Crippen molar-refractivity contribution in [3.63, 3.8) is 0 Å². The summed E-state index contributed by atoms with van der Waals surface area (Å²) in [4.78, 5) is 15.6. The number of guanidine groups is 1. The van der Waals surface area contributed by atoms with Gasteiger partial charge in [-0.25, -0.2) is 0 Å². The molecular weight excluding hydrogens is 280 g/mol. The normalized spacial score (nSPS) is 11.4. The number of nitrogens with one attached hydrogen (secondary N) is 3. The van der Waals surface area contributed by atoms with E-state index >= 15 is 0 Å². The first-order valence-electron chi connectivity index (χ1n) is 7.79. The molecule has 0 fully saturated rings. The number of hydrogen-bond acceptors (Lipinski definition) is 3. The van der Waals surface area contributed by atoms with Gasteiger partial charge < -0.3 is 16.0 Å². The van der Waals surface area contributed by atoms with Crippen LogP contribution in [0.5, 0.6) is 0 Å². The molecule has 7 heteroatoms. The zero-order valence-corrected chi connectivity index (χ0v) is 14.1.